The van der Waals surface area contributed by atoms with Gasteiger partial charge < -0.3 is 4.74 Å². The highest BCUT2D eigenvalue weighted by Crippen LogP contribution is 2.17. The van der Waals surface area contributed by atoms with Crippen LogP contribution in [0, 0.1) is 0 Å². The van der Waals surface area contributed by atoms with Crippen LogP contribution in [0.3, 0.4) is 0 Å². The molecule has 0 radical (unpaired) electrons. The molecule has 0 atom stereocenters. The largest absolute Gasteiger partial charge is 0.496 e. The fourth-order valence-corrected chi connectivity index (χ4v) is 1.93. The van der Waals surface area contributed by atoms with Crippen LogP contribution < -0.4 is 10.2 Å². The second kappa shape index (κ2) is 6.19. The fourth-order valence-electron chi connectivity index (χ4n) is 1.93. The zero-order chi connectivity index (χ0) is 14.5. The first-order chi connectivity index (χ1) is 9.63. The van der Waals surface area contributed by atoms with Crippen molar-refractivity contribution in [3.05, 3.63) is 59.7 Å². The molecule has 0 aliphatic rings. The molecule has 20 heavy (non-hydrogen) atoms. The summed E-state index contributed by atoms with van der Waals surface area (Å²) >= 11 is 0. The van der Waals surface area contributed by atoms with Crippen LogP contribution >= 0.6 is 0 Å². The van der Waals surface area contributed by atoms with Crippen molar-refractivity contribution >= 4 is 5.91 Å². The highest BCUT2D eigenvalue weighted by Gasteiger charge is 2.13. The first-order valence-corrected chi connectivity index (χ1v) is 6.52. The summed E-state index contributed by atoms with van der Waals surface area (Å²) in [5, 5.41) is 0. The Bertz CT molecular complexity index is 672. The van der Waals surface area contributed by atoms with Crippen LogP contribution in [0.15, 0.2) is 53.7 Å². The molecule has 2 rings (SSSR count). The number of carbonyl (C=O) groups is 1. The van der Waals surface area contributed by atoms with Gasteiger partial charge in [-0.3, -0.25) is 14.4 Å². The Hall–Kier alpha value is -2.36. The fraction of sp³-hybridized carbons (Fsp3) is 0.250. The minimum Gasteiger partial charge on any atom is -0.496 e. The minimum atomic E-state index is -0.151. The van der Waals surface area contributed by atoms with Crippen LogP contribution in [0.2, 0.25) is 0 Å². The summed E-state index contributed by atoms with van der Waals surface area (Å²) in [7, 11) is 1.56. The summed E-state index contributed by atoms with van der Waals surface area (Å²) in [6.45, 7) is 3.95. The molecule has 1 aromatic heterocycles. The van der Waals surface area contributed by atoms with Crippen LogP contribution in [0.25, 0.3) is 0 Å². The third-order valence-electron chi connectivity index (χ3n) is 2.79. The van der Waals surface area contributed by atoms with E-state index in [0.717, 1.165) is 0 Å². The Morgan fingerprint density at radius 2 is 1.85 bits per heavy atom. The lowest BCUT2D eigenvalue weighted by atomic mass is 10.2. The molecule has 0 aliphatic heterocycles. The van der Waals surface area contributed by atoms with E-state index in [2.05, 4.69) is 4.99 Å². The number of pyridine rings is 1. The monoisotopic (exact) mass is 270 g/mol. The van der Waals surface area contributed by atoms with Gasteiger partial charge in [0.1, 0.15) is 11.2 Å². The highest BCUT2D eigenvalue weighted by atomic mass is 16.5. The topological polar surface area (TPSA) is 43.6 Å². The van der Waals surface area contributed by atoms with Gasteiger partial charge in [0, 0.05) is 12.2 Å². The summed E-state index contributed by atoms with van der Waals surface area (Å²) in [5.41, 5.74) is 1.16. The number of nitrogens with zero attached hydrogens (tertiary/aromatic N) is 2. The average Bonchev–Trinajstić information content (AvgIpc) is 2.46. The Morgan fingerprint density at radius 1 is 1.15 bits per heavy atom. The Morgan fingerprint density at radius 3 is 2.55 bits per heavy atom. The number of hydrogen-bond acceptors (Lipinski definition) is 3. The molecule has 1 heterocycles. The van der Waals surface area contributed by atoms with Crippen molar-refractivity contribution in [2.75, 3.05) is 7.11 Å². The molecule has 0 fully saturated rings. The van der Waals surface area contributed by atoms with E-state index in [-0.39, 0.29) is 11.9 Å². The molecule has 0 amide bonds. The van der Waals surface area contributed by atoms with Gasteiger partial charge in [0.05, 0.1) is 12.7 Å². The molecule has 0 N–H and O–H groups in total. The summed E-state index contributed by atoms with van der Waals surface area (Å²) in [6.07, 6.45) is 1.72. The second-order valence-electron chi connectivity index (χ2n) is 4.66. The Balaban J connectivity index is 2.55. The summed E-state index contributed by atoms with van der Waals surface area (Å²) < 4.78 is 6.78. The zero-order valence-corrected chi connectivity index (χ0v) is 11.9. The van der Waals surface area contributed by atoms with Crippen LogP contribution in [-0.2, 0) is 0 Å². The summed E-state index contributed by atoms with van der Waals surface area (Å²) in [5.74, 6) is 0.409. The molecule has 2 aromatic rings. The number of para-hydroxylation sites is 1. The maximum Gasteiger partial charge on any atom is 0.267 e. The van der Waals surface area contributed by atoms with Crippen molar-refractivity contribution in [2.45, 2.75) is 19.9 Å². The molecule has 0 spiro atoms. The number of benzene rings is 1. The number of ether oxygens (including phenoxy) is 1. The van der Waals surface area contributed by atoms with Crippen molar-refractivity contribution in [2.24, 2.45) is 4.99 Å². The third kappa shape index (κ3) is 2.96. The van der Waals surface area contributed by atoms with Gasteiger partial charge in [-0.15, -0.1) is 0 Å². The SMILES string of the molecule is COc1ccccc1C(=O)n1ccccc1=NC(C)C. The average molecular weight is 270 g/mol. The van der Waals surface area contributed by atoms with E-state index < -0.39 is 0 Å². The normalized spacial score (nSPS) is 11.7. The predicted molar refractivity (Wildman–Crippen MR) is 77.9 cm³/mol. The van der Waals surface area contributed by atoms with Crippen LogP contribution in [0.5, 0.6) is 5.75 Å². The lowest BCUT2D eigenvalue weighted by Crippen LogP contribution is -2.28. The molecule has 0 saturated heterocycles. The van der Waals surface area contributed by atoms with Crippen molar-refractivity contribution in [3.8, 4) is 5.75 Å². The molecule has 0 unspecified atom stereocenters. The number of carbonyl (C=O) groups excluding carboxylic acids is 1. The maximum atomic E-state index is 12.7. The molecule has 0 saturated carbocycles. The molecule has 0 bridgehead atoms. The zero-order valence-electron chi connectivity index (χ0n) is 11.9. The highest BCUT2D eigenvalue weighted by molar-refractivity contribution is 5.98. The number of rotatable bonds is 3. The van der Waals surface area contributed by atoms with Gasteiger partial charge in [0.25, 0.3) is 5.91 Å². The number of hydrogen-bond donors (Lipinski definition) is 0. The van der Waals surface area contributed by atoms with E-state index in [1.807, 2.05) is 44.2 Å². The second-order valence-corrected chi connectivity index (χ2v) is 4.66. The van der Waals surface area contributed by atoms with Gasteiger partial charge in [0.15, 0.2) is 0 Å². The minimum absolute atomic E-state index is 0.120. The predicted octanol–water partition coefficient (Wildman–Crippen LogP) is 2.49. The van der Waals surface area contributed by atoms with E-state index in [1.54, 1.807) is 25.4 Å². The first-order valence-electron chi connectivity index (χ1n) is 6.52. The summed E-state index contributed by atoms with van der Waals surface area (Å²) in [4.78, 5) is 17.1. The van der Waals surface area contributed by atoms with E-state index >= 15 is 0 Å². The van der Waals surface area contributed by atoms with Crippen molar-refractivity contribution < 1.29 is 9.53 Å². The van der Waals surface area contributed by atoms with Crippen LogP contribution in [-0.4, -0.2) is 23.6 Å². The van der Waals surface area contributed by atoms with E-state index in [1.165, 1.54) is 4.57 Å². The maximum absolute atomic E-state index is 12.7. The molecule has 104 valence electrons. The van der Waals surface area contributed by atoms with Crippen LogP contribution in [0.1, 0.15) is 24.2 Å². The third-order valence-corrected chi connectivity index (χ3v) is 2.79. The molecule has 4 heteroatoms. The van der Waals surface area contributed by atoms with Gasteiger partial charge in [-0.05, 0) is 38.1 Å². The standard InChI is InChI=1S/C16H18N2O2/c1-12(2)17-15-10-6-7-11-18(15)16(19)13-8-4-5-9-14(13)20-3/h4-12H,1-3H3. The molecule has 1 aromatic carbocycles. The molecule has 0 aliphatic carbocycles. The first kappa shape index (κ1) is 14.1. The van der Waals surface area contributed by atoms with E-state index in [9.17, 15) is 4.79 Å². The lowest BCUT2D eigenvalue weighted by Gasteiger charge is -2.10. The van der Waals surface area contributed by atoms with Gasteiger partial charge in [-0.1, -0.05) is 18.2 Å². The van der Waals surface area contributed by atoms with Gasteiger partial charge in [-0.2, -0.15) is 0 Å². The molecular formula is C16H18N2O2. The van der Waals surface area contributed by atoms with Gasteiger partial charge in [-0.25, -0.2) is 0 Å². The molecule has 4 nitrogen and oxygen atoms in total. The number of aromatic nitrogens is 1. The summed E-state index contributed by atoms with van der Waals surface area (Å²) in [6, 6.07) is 12.8. The van der Waals surface area contributed by atoms with Gasteiger partial charge in [0.2, 0.25) is 0 Å². The van der Waals surface area contributed by atoms with Gasteiger partial charge >= 0.3 is 0 Å². The van der Waals surface area contributed by atoms with E-state index in [0.29, 0.717) is 16.8 Å². The smallest absolute Gasteiger partial charge is 0.267 e. The Kier molecular flexibility index (Phi) is 4.35. The lowest BCUT2D eigenvalue weighted by molar-refractivity contribution is 0.0951. The Labute approximate surface area is 118 Å². The van der Waals surface area contributed by atoms with Crippen molar-refractivity contribution in [3.63, 3.8) is 0 Å². The quantitative estimate of drug-likeness (QED) is 0.860. The van der Waals surface area contributed by atoms with Crippen molar-refractivity contribution in [1.29, 1.82) is 0 Å². The number of methoxy groups -OCH3 is 1. The molecular weight excluding hydrogens is 252 g/mol. The van der Waals surface area contributed by atoms with Crippen LogP contribution in [0.4, 0.5) is 0 Å². The van der Waals surface area contributed by atoms with E-state index in [4.69, 9.17) is 4.74 Å². The van der Waals surface area contributed by atoms with Crippen molar-refractivity contribution in [1.82, 2.24) is 4.57 Å².